The Morgan fingerprint density at radius 2 is 2.03 bits per heavy atom. The van der Waals surface area contributed by atoms with E-state index in [9.17, 15) is 9.18 Å². The third-order valence-corrected chi connectivity index (χ3v) is 7.60. The quantitative estimate of drug-likeness (QED) is 0.509. The van der Waals surface area contributed by atoms with Crippen molar-refractivity contribution >= 4 is 24.0 Å². The number of carbonyl (C=O) groups is 1. The Morgan fingerprint density at radius 3 is 2.68 bits per heavy atom. The van der Waals surface area contributed by atoms with Crippen LogP contribution in [-0.2, 0) is 12.0 Å². The number of anilines is 1. The molecule has 0 saturated carbocycles. The molecule has 0 bridgehead atoms. The summed E-state index contributed by atoms with van der Waals surface area (Å²) in [6.07, 6.45) is 9.32. The molecule has 2 N–H and O–H groups in total. The Kier molecular flexibility index (Phi) is 8.26. The molecule has 1 fully saturated rings. The molecule has 37 heavy (non-hydrogen) atoms. The molecular weight excluding hydrogens is 473 g/mol. The minimum atomic E-state index is -0.445. The molecule has 2 aliphatic heterocycles. The zero-order valence-corrected chi connectivity index (χ0v) is 22.4. The van der Waals surface area contributed by atoms with Crippen molar-refractivity contribution in [2.75, 3.05) is 39.1 Å². The summed E-state index contributed by atoms with van der Waals surface area (Å²) in [6, 6.07) is 2.98. The van der Waals surface area contributed by atoms with E-state index in [1.54, 1.807) is 13.1 Å². The summed E-state index contributed by atoms with van der Waals surface area (Å²) in [7, 11) is 2.93. The number of ether oxygens (including phenoxy) is 1. The summed E-state index contributed by atoms with van der Waals surface area (Å²) < 4.78 is 21.9. The highest BCUT2D eigenvalue weighted by Crippen LogP contribution is 2.33. The number of aryl methyl sites for hydroxylation is 1. The Balaban J connectivity index is 1.33. The van der Waals surface area contributed by atoms with Gasteiger partial charge in [0, 0.05) is 43.7 Å². The third kappa shape index (κ3) is 6.01. The normalized spacial score (nSPS) is 21.8. The van der Waals surface area contributed by atoms with Crippen molar-refractivity contribution in [1.29, 1.82) is 0 Å². The van der Waals surface area contributed by atoms with Crippen molar-refractivity contribution < 1.29 is 13.9 Å². The smallest absolute Gasteiger partial charge is 0.251 e. The topological polar surface area (TPSA) is 96.1 Å². The fraction of sp³-hybridized carbons (Fsp3) is 0.556. The van der Waals surface area contributed by atoms with Crippen LogP contribution >= 0.6 is 0 Å². The minimum absolute atomic E-state index is 0.0300. The van der Waals surface area contributed by atoms with Crippen molar-refractivity contribution in [2.45, 2.75) is 51.9 Å². The van der Waals surface area contributed by atoms with Gasteiger partial charge in [0.2, 0.25) is 6.29 Å². The maximum atomic E-state index is 14.8. The van der Waals surface area contributed by atoms with Crippen molar-refractivity contribution in [3.63, 3.8) is 0 Å². The van der Waals surface area contributed by atoms with Gasteiger partial charge in [-0.1, -0.05) is 6.92 Å². The van der Waals surface area contributed by atoms with Crippen LogP contribution in [0, 0.1) is 17.7 Å². The predicted molar refractivity (Wildman–Crippen MR) is 144 cm³/mol. The molecule has 2 aliphatic rings. The number of nitrogens with zero attached hydrogens (tertiary/aromatic N) is 5. The molecule has 0 aliphatic carbocycles. The third-order valence-electron chi connectivity index (χ3n) is 7.60. The summed E-state index contributed by atoms with van der Waals surface area (Å²) in [4.78, 5) is 23.6. The first-order valence-corrected chi connectivity index (χ1v) is 12.9. The van der Waals surface area contributed by atoms with E-state index in [0.717, 1.165) is 25.3 Å². The second-order valence-electron chi connectivity index (χ2n) is 10.3. The molecule has 0 radical (unpaired) electrons. The second-order valence-corrected chi connectivity index (χ2v) is 10.3. The minimum Gasteiger partial charge on any atom is -0.494 e. The number of benzene rings is 1. The van der Waals surface area contributed by atoms with E-state index in [1.165, 1.54) is 19.6 Å². The summed E-state index contributed by atoms with van der Waals surface area (Å²) >= 11 is 0. The first-order chi connectivity index (χ1) is 17.7. The lowest BCUT2D eigenvalue weighted by atomic mass is 9.87. The van der Waals surface area contributed by atoms with Gasteiger partial charge in [-0.2, -0.15) is 5.10 Å². The molecule has 1 aromatic heterocycles. The molecule has 0 spiro atoms. The number of hydrogen-bond acceptors (Lipinski definition) is 7. The number of hydrogen-bond donors (Lipinski definition) is 2. The Bertz CT molecular complexity index is 1150. The molecule has 9 nitrogen and oxygen atoms in total. The molecule has 2 aromatic rings. The zero-order chi connectivity index (χ0) is 26.6. The summed E-state index contributed by atoms with van der Waals surface area (Å²) in [5.74, 6) is -0.150. The lowest BCUT2D eigenvalue weighted by Gasteiger charge is -2.32. The molecule has 10 heteroatoms. The Labute approximate surface area is 218 Å². The number of carbonyl (C=O) groups excluding carboxylic acids is 1. The maximum absolute atomic E-state index is 14.8. The highest BCUT2D eigenvalue weighted by molar-refractivity contribution is 5.94. The molecule has 200 valence electrons. The number of likely N-dealkylation sites (tertiary alicyclic amines) is 1. The van der Waals surface area contributed by atoms with Crippen LogP contribution in [0.5, 0.6) is 5.75 Å². The van der Waals surface area contributed by atoms with E-state index in [-0.39, 0.29) is 23.1 Å². The van der Waals surface area contributed by atoms with Crippen molar-refractivity contribution in [3.05, 3.63) is 41.5 Å². The Hall–Kier alpha value is -3.27. The molecule has 1 saturated heterocycles. The van der Waals surface area contributed by atoms with Crippen LogP contribution in [0.3, 0.4) is 0 Å². The van der Waals surface area contributed by atoms with Crippen molar-refractivity contribution in [2.24, 2.45) is 21.8 Å². The van der Waals surface area contributed by atoms with E-state index in [2.05, 4.69) is 51.4 Å². The van der Waals surface area contributed by atoms with Gasteiger partial charge in [-0.15, -0.1) is 0 Å². The van der Waals surface area contributed by atoms with E-state index < -0.39 is 12.1 Å². The number of methoxy groups -OCH3 is 1. The SMILES string of the molecule is CCN1CCC(C(C)(C)n2cc(NC3N=CC(CCc4cc(C(=O)NC)cc(OC)c4F)C=N3)cn2)C1. The first-order valence-electron chi connectivity index (χ1n) is 12.9. The number of halogens is 1. The monoisotopic (exact) mass is 511 g/mol. The molecule has 3 heterocycles. The average Bonchev–Trinajstić information content (AvgIpc) is 3.59. The molecule has 4 rings (SSSR count). The van der Waals surface area contributed by atoms with Gasteiger partial charge in [0.25, 0.3) is 5.91 Å². The summed E-state index contributed by atoms with van der Waals surface area (Å²) in [6.45, 7) is 10.0. The molecule has 1 amide bonds. The summed E-state index contributed by atoms with van der Waals surface area (Å²) in [5.41, 5.74) is 1.59. The number of rotatable bonds is 10. The van der Waals surface area contributed by atoms with E-state index >= 15 is 0 Å². The van der Waals surface area contributed by atoms with E-state index in [0.29, 0.717) is 29.9 Å². The van der Waals surface area contributed by atoms with Gasteiger partial charge < -0.3 is 20.3 Å². The maximum Gasteiger partial charge on any atom is 0.251 e. The average molecular weight is 512 g/mol. The highest BCUT2D eigenvalue weighted by atomic mass is 19.1. The molecule has 1 atom stereocenters. The highest BCUT2D eigenvalue weighted by Gasteiger charge is 2.36. The van der Waals surface area contributed by atoms with Crippen LogP contribution in [0.2, 0.25) is 0 Å². The molecule has 1 aromatic carbocycles. The van der Waals surface area contributed by atoms with Crippen LogP contribution in [0.15, 0.2) is 34.5 Å². The van der Waals surface area contributed by atoms with Crippen LogP contribution in [0.25, 0.3) is 0 Å². The molecule has 1 unspecified atom stereocenters. The van der Waals surface area contributed by atoms with Crippen LogP contribution in [0.4, 0.5) is 10.1 Å². The van der Waals surface area contributed by atoms with E-state index in [4.69, 9.17) is 4.74 Å². The lowest BCUT2D eigenvalue weighted by molar-refractivity contribution is 0.0962. The van der Waals surface area contributed by atoms with E-state index in [1.807, 2.05) is 29.5 Å². The van der Waals surface area contributed by atoms with Gasteiger partial charge in [0.1, 0.15) is 0 Å². The first kappa shape index (κ1) is 26.8. The van der Waals surface area contributed by atoms with Crippen LogP contribution in [-0.4, -0.2) is 73.1 Å². The number of amides is 1. The van der Waals surface area contributed by atoms with Gasteiger partial charge in [-0.25, -0.2) is 4.39 Å². The lowest BCUT2D eigenvalue weighted by Crippen LogP contribution is -2.37. The van der Waals surface area contributed by atoms with Crippen molar-refractivity contribution in [3.8, 4) is 5.75 Å². The predicted octanol–water partition coefficient (Wildman–Crippen LogP) is 3.57. The number of aliphatic imine (C=N–C) groups is 2. The van der Waals surface area contributed by atoms with Gasteiger partial charge in [0.05, 0.1) is 24.5 Å². The van der Waals surface area contributed by atoms with Gasteiger partial charge in [-0.3, -0.25) is 19.5 Å². The standard InChI is InChI=1S/C27H38FN7O2/c1-6-34-10-9-21(16-34)27(2,3)35-17-22(15-32-35)33-26-30-13-18(14-31-26)7-8-19-11-20(25(36)29-4)12-23(37-5)24(19)28/h11-15,17-18,21,26,33H,6-10,16H2,1-5H3,(H,29,36). The fourth-order valence-corrected chi connectivity index (χ4v) is 5.01. The molecular formula is C27H38FN7O2. The largest absolute Gasteiger partial charge is 0.494 e. The zero-order valence-electron chi connectivity index (χ0n) is 22.4. The van der Waals surface area contributed by atoms with Gasteiger partial charge >= 0.3 is 0 Å². The second kappa shape index (κ2) is 11.4. The van der Waals surface area contributed by atoms with Crippen LogP contribution in [0.1, 0.15) is 49.5 Å². The Morgan fingerprint density at radius 1 is 1.27 bits per heavy atom. The summed E-state index contributed by atoms with van der Waals surface area (Å²) in [5, 5.41) is 10.5. The van der Waals surface area contributed by atoms with Gasteiger partial charge in [-0.05, 0) is 69.8 Å². The van der Waals surface area contributed by atoms with Crippen molar-refractivity contribution in [1.82, 2.24) is 20.0 Å². The number of nitrogens with one attached hydrogen (secondary N) is 2. The van der Waals surface area contributed by atoms with Gasteiger partial charge in [0.15, 0.2) is 11.6 Å². The number of aromatic nitrogens is 2. The van der Waals surface area contributed by atoms with Crippen LogP contribution < -0.4 is 15.4 Å². The fourth-order valence-electron chi connectivity index (χ4n) is 5.01.